The van der Waals surface area contributed by atoms with Crippen molar-refractivity contribution in [3.8, 4) is 11.5 Å². The molecule has 0 aromatic heterocycles. The number of carbonyl (C=O) groups is 2. The first-order valence-electron chi connectivity index (χ1n) is 8.97. The van der Waals surface area contributed by atoms with Gasteiger partial charge in [0.15, 0.2) is 11.5 Å². The Hall–Kier alpha value is -3.19. The van der Waals surface area contributed by atoms with Crippen molar-refractivity contribution in [2.24, 2.45) is 0 Å². The van der Waals surface area contributed by atoms with Gasteiger partial charge in [0.1, 0.15) is 0 Å². The smallest absolute Gasteiger partial charge is 0.338 e. The zero-order valence-electron chi connectivity index (χ0n) is 16.2. The molecule has 1 aliphatic heterocycles. The molecule has 29 heavy (non-hydrogen) atoms. The fourth-order valence-electron chi connectivity index (χ4n) is 3.08. The number of aromatic hydroxyl groups is 1. The summed E-state index contributed by atoms with van der Waals surface area (Å²) in [6.07, 6.45) is -0.370. The molecule has 7 nitrogen and oxygen atoms in total. The zero-order valence-corrected chi connectivity index (χ0v) is 16.9. The van der Waals surface area contributed by atoms with Gasteiger partial charge in [-0.2, -0.15) is 0 Å². The Bertz CT molecular complexity index is 973. The van der Waals surface area contributed by atoms with Gasteiger partial charge in [0, 0.05) is 5.56 Å². The lowest BCUT2D eigenvalue weighted by molar-refractivity contribution is -0.143. The van der Waals surface area contributed by atoms with Gasteiger partial charge in [0.25, 0.3) is 0 Å². The molecule has 0 radical (unpaired) electrons. The number of nitrogens with one attached hydrogen (secondary N) is 2. The summed E-state index contributed by atoms with van der Waals surface area (Å²) in [5.74, 6) is -0.711. The molecule has 0 fully saturated rings. The SMILES string of the molecule is COc1ccc(C2NC(=O)NC(c3ccccc3)=C2C(=O)OC(C)C)c(Cl)c1O. The van der Waals surface area contributed by atoms with Crippen LogP contribution < -0.4 is 15.4 Å². The lowest BCUT2D eigenvalue weighted by Gasteiger charge is -2.30. The quantitative estimate of drug-likeness (QED) is 0.644. The summed E-state index contributed by atoms with van der Waals surface area (Å²) in [6, 6.07) is 10.6. The molecular weight excluding hydrogens is 396 g/mol. The summed E-state index contributed by atoms with van der Waals surface area (Å²) < 4.78 is 10.5. The van der Waals surface area contributed by atoms with Crippen LogP contribution in [-0.4, -0.2) is 30.3 Å². The molecular formula is C21H21ClN2O5. The van der Waals surface area contributed by atoms with Crippen LogP contribution in [0.1, 0.15) is 31.0 Å². The Morgan fingerprint density at radius 1 is 1.17 bits per heavy atom. The van der Waals surface area contributed by atoms with Gasteiger partial charge in [-0.1, -0.05) is 48.0 Å². The van der Waals surface area contributed by atoms with Crippen molar-refractivity contribution in [1.29, 1.82) is 0 Å². The Morgan fingerprint density at radius 3 is 2.48 bits per heavy atom. The number of phenols is 1. The minimum Gasteiger partial charge on any atom is -0.503 e. The molecule has 0 spiro atoms. The number of hydrogen-bond acceptors (Lipinski definition) is 5. The lowest BCUT2D eigenvalue weighted by Crippen LogP contribution is -2.45. The van der Waals surface area contributed by atoms with E-state index >= 15 is 0 Å². The van der Waals surface area contributed by atoms with Crippen molar-refractivity contribution >= 4 is 29.3 Å². The topological polar surface area (TPSA) is 96.9 Å². The van der Waals surface area contributed by atoms with Gasteiger partial charge >= 0.3 is 12.0 Å². The summed E-state index contributed by atoms with van der Waals surface area (Å²) in [6.45, 7) is 3.47. The summed E-state index contributed by atoms with van der Waals surface area (Å²) in [5, 5.41) is 15.7. The van der Waals surface area contributed by atoms with Gasteiger partial charge < -0.3 is 25.2 Å². The summed E-state index contributed by atoms with van der Waals surface area (Å²) in [5.41, 5.74) is 1.47. The van der Waals surface area contributed by atoms with Crippen LogP contribution >= 0.6 is 11.6 Å². The lowest BCUT2D eigenvalue weighted by atomic mass is 9.92. The van der Waals surface area contributed by atoms with E-state index in [1.54, 1.807) is 44.2 Å². The minimum absolute atomic E-state index is 0.0289. The number of hydrogen-bond donors (Lipinski definition) is 3. The second-order valence-corrected chi connectivity index (χ2v) is 7.04. The van der Waals surface area contributed by atoms with E-state index in [0.717, 1.165) is 0 Å². The maximum absolute atomic E-state index is 13.0. The minimum atomic E-state index is -0.936. The number of phenolic OH excluding ortho intramolecular Hbond substituents is 1. The molecule has 2 aromatic carbocycles. The van der Waals surface area contributed by atoms with Crippen molar-refractivity contribution in [3.05, 3.63) is 64.2 Å². The monoisotopic (exact) mass is 416 g/mol. The number of ether oxygens (including phenoxy) is 2. The van der Waals surface area contributed by atoms with E-state index in [9.17, 15) is 14.7 Å². The molecule has 3 N–H and O–H groups in total. The van der Waals surface area contributed by atoms with E-state index in [0.29, 0.717) is 16.8 Å². The Kier molecular flexibility index (Phi) is 5.98. The number of carbonyl (C=O) groups excluding carboxylic acids is 2. The summed E-state index contributed by atoms with van der Waals surface area (Å²) >= 11 is 6.35. The molecule has 8 heteroatoms. The number of esters is 1. The normalized spacial score (nSPS) is 16.3. The summed E-state index contributed by atoms with van der Waals surface area (Å²) in [7, 11) is 1.40. The van der Waals surface area contributed by atoms with Gasteiger partial charge in [-0.25, -0.2) is 9.59 Å². The largest absolute Gasteiger partial charge is 0.503 e. The van der Waals surface area contributed by atoms with E-state index in [1.165, 1.54) is 13.2 Å². The molecule has 1 unspecified atom stereocenters. The second kappa shape index (κ2) is 8.45. The Balaban J connectivity index is 2.22. The van der Waals surface area contributed by atoms with Crippen LogP contribution in [0.2, 0.25) is 5.02 Å². The molecule has 0 bridgehead atoms. The van der Waals surface area contributed by atoms with Crippen molar-refractivity contribution in [2.75, 3.05) is 7.11 Å². The average Bonchev–Trinajstić information content (AvgIpc) is 2.69. The maximum Gasteiger partial charge on any atom is 0.338 e. The number of benzene rings is 2. The zero-order chi connectivity index (χ0) is 21.1. The summed E-state index contributed by atoms with van der Waals surface area (Å²) in [4.78, 5) is 25.4. The van der Waals surface area contributed by atoms with Crippen LogP contribution in [0.3, 0.4) is 0 Å². The number of rotatable bonds is 5. The molecule has 2 amide bonds. The highest BCUT2D eigenvalue weighted by Gasteiger charge is 2.36. The van der Waals surface area contributed by atoms with E-state index in [-0.39, 0.29) is 28.2 Å². The molecule has 1 heterocycles. The van der Waals surface area contributed by atoms with E-state index in [1.807, 2.05) is 6.07 Å². The number of urea groups is 1. The Morgan fingerprint density at radius 2 is 1.86 bits per heavy atom. The number of methoxy groups -OCH3 is 1. The van der Waals surface area contributed by atoms with Gasteiger partial charge in [-0.3, -0.25) is 0 Å². The van der Waals surface area contributed by atoms with Crippen LogP contribution in [0.5, 0.6) is 11.5 Å². The predicted molar refractivity (Wildman–Crippen MR) is 109 cm³/mol. The first-order chi connectivity index (χ1) is 13.8. The number of halogens is 1. The van der Waals surface area contributed by atoms with Crippen molar-refractivity contribution in [2.45, 2.75) is 26.0 Å². The molecule has 0 saturated heterocycles. The van der Waals surface area contributed by atoms with Crippen LogP contribution in [0, 0.1) is 0 Å². The van der Waals surface area contributed by atoms with Crippen LogP contribution in [0.4, 0.5) is 4.79 Å². The molecule has 1 aliphatic rings. The van der Waals surface area contributed by atoms with Crippen LogP contribution in [0.25, 0.3) is 5.70 Å². The standard InChI is InChI=1S/C21H21ClN2O5/c1-11(2)29-20(26)15-17(12-7-5-4-6-8-12)23-21(27)24-18(15)13-9-10-14(28-3)19(25)16(13)22/h4-11,18,25H,1-3H3,(H2,23,24,27). The molecule has 1 atom stereocenters. The van der Waals surface area contributed by atoms with Crippen LogP contribution in [-0.2, 0) is 9.53 Å². The third kappa shape index (κ3) is 4.14. The van der Waals surface area contributed by atoms with Crippen molar-refractivity contribution in [3.63, 3.8) is 0 Å². The maximum atomic E-state index is 13.0. The van der Waals surface area contributed by atoms with Crippen molar-refractivity contribution in [1.82, 2.24) is 10.6 Å². The van der Waals surface area contributed by atoms with Crippen molar-refractivity contribution < 1.29 is 24.2 Å². The predicted octanol–water partition coefficient (Wildman–Crippen LogP) is 3.77. The fourth-order valence-corrected chi connectivity index (χ4v) is 3.34. The highest BCUT2D eigenvalue weighted by Crippen LogP contribution is 2.42. The van der Waals surface area contributed by atoms with Gasteiger partial charge in [-0.15, -0.1) is 0 Å². The molecule has 0 saturated carbocycles. The highest BCUT2D eigenvalue weighted by molar-refractivity contribution is 6.33. The molecule has 152 valence electrons. The molecule has 2 aromatic rings. The van der Waals surface area contributed by atoms with Gasteiger partial charge in [0.05, 0.1) is 35.5 Å². The van der Waals surface area contributed by atoms with E-state index < -0.39 is 18.0 Å². The fraction of sp³-hybridized carbons (Fsp3) is 0.238. The third-order valence-electron chi connectivity index (χ3n) is 4.34. The third-order valence-corrected chi connectivity index (χ3v) is 4.73. The number of amides is 2. The highest BCUT2D eigenvalue weighted by atomic mass is 35.5. The molecule has 3 rings (SSSR count). The van der Waals surface area contributed by atoms with E-state index in [4.69, 9.17) is 21.1 Å². The molecule has 0 aliphatic carbocycles. The van der Waals surface area contributed by atoms with E-state index in [2.05, 4.69) is 10.6 Å². The van der Waals surface area contributed by atoms with Crippen LogP contribution in [0.15, 0.2) is 48.0 Å². The Labute approximate surface area is 173 Å². The average molecular weight is 417 g/mol. The second-order valence-electron chi connectivity index (χ2n) is 6.66. The first-order valence-corrected chi connectivity index (χ1v) is 9.34. The first kappa shape index (κ1) is 20.5. The van der Waals surface area contributed by atoms with Gasteiger partial charge in [-0.05, 0) is 25.5 Å². The van der Waals surface area contributed by atoms with Gasteiger partial charge in [0.2, 0.25) is 0 Å².